The molecule has 31 heavy (non-hydrogen) atoms. The van der Waals surface area contributed by atoms with E-state index in [-0.39, 0.29) is 18.5 Å². The molecule has 0 N–H and O–H groups in total. The van der Waals surface area contributed by atoms with Crippen LogP contribution in [-0.4, -0.2) is 28.7 Å². The zero-order valence-corrected chi connectivity index (χ0v) is 17.7. The third-order valence-corrected chi connectivity index (χ3v) is 5.46. The molecule has 162 valence electrons. The van der Waals surface area contributed by atoms with Crippen molar-refractivity contribution in [2.75, 3.05) is 13.3 Å². The summed E-state index contributed by atoms with van der Waals surface area (Å²) in [5.74, 6) is 0.991. The molecule has 2 aromatic carbocycles. The lowest BCUT2D eigenvalue weighted by Gasteiger charge is -2.24. The third kappa shape index (κ3) is 5.08. The molecular weight excluding hydrogens is 395 g/mol. The molecule has 0 bridgehead atoms. The lowest BCUT2D eigenvalue weighted by molar-refractivity contribution is 0.0736. The average Bonchev–Trinajstić information content (AvgIpc) is 3.41. The van der Waals surface area contributed by atoms with Gasteiger partial charge in [0.05, 0.1) is 6.54 Å². The number of hydrogen-bond donors (Lipinski definition) is 0. The number of hydrogen-bond acceptors (Lipinski definition) is 3. The molecule has 2 heterocycles. The van der Waals surface area contributed by atoms with Crippen molar-refractivity contribution in [1.29, 1.82) is 0 Å². The number of nitrogens with zero attached hydrogens (tertiary/aromatic N) is 2. The van der Waals surface area contributed by atoms with Gasteiger partial charge < -0.3 is 18.9 Å². The molecule has 4 rings (SSSR count). The molecule has 0 atom stereocenters. The number of halogens is 1. The number of fused-ring (bicyclic) bond motifs is 1. The van der Waals surface area contributed by atoms with Crippen molar-refractivity contribution in [1.82, 2.24) is 9.47 Å². The number of rotatable bonds is 9. The normalized spacial score (nSPS) is 12.2. The Morgan fingerprint density at radius 1 is 1.06 bits per heavy atom. The van der Waals surface area contributed by atoms with Crippen molar-refractivity contribution < 1.29 is 18.7 Å². The molecule has 0 aliphatic carbocycles. The molecule has 6 heteroatoms. The van der Waals surface area contributed by atoms with Gasteiger partial charge in [-0.25, -0.2) is 4.39 Å². The Morgan fingerprint density at radius 3 is 2.77 bits per heavy atom. The summed E-state index contributed by atoms with van der Waals surface area (Å²) in [6.07, 6.45) is 5.06. The summed E-state index contributed by atoms with van der Waals surface area (Å²) in [5, 5.41) is 0. The van der Waals surface area contributed by atoms with Gasteiger partial charge in [-0.15, -0.1) is 0 Å². The van der Waals surface area contributed by atoms with Gasteiger partial charge in [-0.05, 0) is 54.4 Å². The first-order valence-electron chi connectivity index (χ1n) is 10.7. The summed E-state index contributed by atoms with van der Waals surface area (Å²) in [7, 11) is 0. The molecular formula is C25H27FN2O3. The Kier molecular flexibility index (Phi) is 6.55. The van der Waals surface area contributed by atoms with E-state index in [4.69, 9.17) is 9.47 Å². The summed E-state index contributed by atoms with van der Waals surface area (Å²) in [5.41, 5.74) is 2.48. The van der Waals surface area contributed by atoms with E-state index in [0.717, 1.165) is 30.5 Å². The largest absolute Gasteiger partial charge is 0.454 e. The van der Waals surface area contributed by atoms with Crippen molar-refractivity contribution in [3.63, 3.8) is 0 Å². The molecule has 0 saturated heterocycles. The molecule has 1 aliphatic heterocycles. The van der Waals surface area contributed by atoms with Gasteiger partial charge in [0.1, 0.15) is 5.82 Å². The highest BCUT2D eigenvalue weighted by molar-refractivity contribution is 5.95. The minimum Gasteiger partial charge on any atom is -0.454 e. The number of carbonyl (C=O) groups excluding carboxylic acids is 1. The minimum absolute atomic E-state index is 0.0343. The summed E-state index contributed by atoms with van der Waals surface area (Å²) >= 11 is 0. The predicted molar refractivity (Wildman–Crippen MR) is 117 cm³/mol. The number of aromatic nitrogens is 1. The van der Waals surface area contributed by atoms with Gasteiger partial charge >= 0.3 is 0 Å². The first-order chi connectivity index (χ1) is 15.1. The maximum Gasteiger partial charge on any atom is 0.254 e. The highest BCUT2D eigenvalue weighted by Gasteiger charge is 2.21. The Morgan fingerprint density at radius 2 is 1.94 bits per heavy atom. The fourth-order valence-electron chi connectivity index (χ4n) is 3.79. The van der Waals surface area contributed by atoms with E-state index in [1.165, 1.54) is 6.07 Å². The van der Waals surface area contributed by atoms with Gasteiger partial charge in [0.25, 0.3) is 5.91 Å². The maximum absolute atomic E-state index is 13.6. The van der Waals surface area contributed by atoms with Crippen LogP contribution in [0.25, 0.3) is 0 Å². The maximum atomic E-state index is 13.6. The second-order valence-electron chi connectivity index (χ2n) is 7.76. The highest BCUT2D eigenvalue weighted by Crippen LogP contribution is 2.33. The highest BCUT2D eigenvalue weighted by atomic mass is 19.1. The topological polar surface area (TPSA) is 43.7 Å². The van der Waals surface area contributed by atoms with Crippen LogP contribution < -0.4 is 9.47 Å². The predicted octanol–water partition coefficient (Wildman–Crippen LogP) is 5.24. The van der Waals surface area contributed by atoms with E-state index in [1.807, 2.05) is 29.3 Å². The lowest BCUT2D eigenvalue weighted by atomic mass is 10.1. The summed E-state index contributed by atoms with van der Waals surface area (Å²) < 4.78 is 26.5. The van der Waals surface area contributed by atoms with Crippen molar-refractivity contribution >= 4 is 5.91 Å². The Balaban J connectivity index is 1.53. The molecule has 0 spiro atoms. The average molecular weight is 423 g/mol. The molecule has 0 saturated carbocycles. The van der Waals surface area contributed by atoms with Crippen LogP contribution in [0.2, 0.25) is 0 Å². The molecule has 0 radical (unpaired) electrons. The second kappa shape index (κ2) is 9.69. The Labute approximate surface area is 182 Å². The fraction of sp³-hybridized carbons (Fsp3) is 0.320. The van der Waals surface area contributed by atoms with Gasteiger partial charge in [0.15, 0.2) is 11.5 Å². The van der Waals surface area contributed by atoms with Crippen LogP contribution >= 0.6 is 0 Å². The van der Waals surface area contributed by atoms with Gasteiger partial charge in [-0.3, -0.25) is 4.79 Å². The molecule has 0 unspecified atom stereocenters. The summed E-state index contributed by atoms with van der Waals surface area (Å²) in [6, 6.07) is 15.9. The van der Waals surface area contributed by atoms with Gasteiger partial charge in [0, 0.05) is 30.5 Å². The fourth-order valence-corrected chi connectivity index (χ4v) is 3.79. The molecule has 5 nitrogen and oxygen atoms in total. The molecule has 1 aromatic heterocycles. The molecule has 3 aromatic rings. The smallest absolute Gasteiger partial charge is 0.254 e. The quantitative estimate of drug-likeness (QED) is 0.443. The first-order valence-corrected chi connectivity index (χ1v) is 10.7. The lowest BCUT2D eigenvalue weighted by Crippen LogP contribution is -2.32. The monoisotopic (exact) mass is 422 g/mol. The van der Waals surface area contributed by atoms with Crippen LogP contribution in [0.1, 0.15) is 47.8 Å². The minimum atomic E-state index is -0.245. The first kappa shape index (κ1) is 21.0. The van der Waals surface area contributed by atoms with Gasteiger partial charge in [0.2, 0.25) is 6.79 Å². The van der Waals surface area contributed by atoms with Crippen molar-refractivity contribution in [3.8, 4) is 11.5 Å². The Bertz CT molecular complexity index is 1050. The van der Waals surface area contributed by atoms with Crippen LogP contribution in [0.4, 0.5) is 4.39 Å². The second-order valence-corrected chi connectivity index (χ2v) is 7.76. The molecule has 0 fully saturated rings. The van der Waals surface area contributed by atoms with Crippen LogP contribution in [0.5, 0.6) is 11.5 Å². The molecule has 1 aliphatic rings. The van der Waals surface area contributed by atoms with E-state index in [0.29, 0.717) is 36.7 Å². The van der Waals surface area contributed by atoms with E-state index < -0.39 is 0 Å². The van der Waals surface area contributed by atoms with E-state index in [9.17, 15) is 9.18 Å². The number of ether oxygens (including phenoxy) is 2. The molecule has 1 amide bonds. The van der Waals surface area contributed by atoms with Crippen LogP contribution in [0, 0.1) is 5.82 Å². The summed E-state index contributed by atoms with van der Waals surface area (Å²) in [6.45, 7) is 4.04. The zero-order chi connectivity index (χ0) is 21.6. The standard InChI is InChI=1S/C25H27FN2O3/c1-2-3-4-12-28(25(29)20-10-11-23-24(15-20)31-18-30-23)17-22-9-6-13-27(22)16-19-7-5-8-21(26)14-19/h5-11,13-15H,2-4,12,16-18H2,1H3. The van der Waals surface area contributed by atoms with Crippen molar-refractivity contribution in [3.05, 3.63) is 83.4 Å². The van der Waals surface area contributed by atoms with Crippen LogP contribution in [0.3, 0.4) is 0 Å². The van der Waals surface area contributed by atoms with E-state index in [2.05, 4.69) is 11.5 Å². The van der Waals surface area contributed by atoms with E-state index in [1.54, 1.807) is 30.3 Å². The number of carbonyl (C=O) groups is 1. The summed E-state index contributed by atoms with van der Waals surface area (Å²) in [4.78, 5) is 15.2. The number of unbranched alkanes of at least 4 members (excludes halogenated alkanes) is 2. The number of amides is 1. The van der Waals surface area contributed by atoms with E-state index >= 15 is 0 Å². The van der Waals surface area contributed by atoms with Crippen molar-refractivity contribution in [2.45, 2.75) is 39.3 Å². The SMILES string of the molecule is CCCCCN(Cc1cccn1Cc1cccc(F)c1)C(=O)c1ccc2c(c1)OCO2. The third-order valence-electron chi connectivity index (χ3n) is 5.46. The van der Waals surface area contributed by atoms with Crippen molar-refractivity contribution in [2.24, 2.45) is 0 Å². The van der Waals surface area contributed by atoms with Crippen LogP contribution in [-0.2, 0) is 13.1 Å². The number of benzene rings is 2. The van der Waals surface area contributed by atoms with Gasteiger partial charge in [-0.1, -0.05) is 31.9 Å². The Hall–Kier alpha value is -3.28. The zero-order valence-electron chi connectivity index (χ0n) is 17.7. The van der Waals surface area contributed by atoms with Crippen LogP contribution in [0.15, 0.2) is 60.8 Å². The van der Waals surface area contributed by atoms with Gasteiger partial charge in [-0.2, -0.15) is 0 Å².